The molecule has 0 aliphatic heterocycles. The van der Waals surface area contributed by atoms with Crippen molar-refractivity contribution in [1.29, 1.82) is 0 Å². The maximum atomic E-state index is 12.3. The Bertz CT molecular complexity index is 999. The second-order valence-electron chi connectivity index (χ2n) is 5.32. The lowest BCUT2D eigenvalue weighted by Crippen LogP contribution is -2.37. The molecule has 8 heteroatoms. The third kappa shape index (κ3) is 2.55. The van der Waals surface area contributed by atoms with Crippen molar-refractivity contribution in [3.63, 3.8) is 0 Å². The molecule has 24 heavy (non-hydrogen) atoms. The second kappa shape index (κ2) is 6.23. The van der Waals surface area contributed by atoms with Gasteiger partial charge in [0.2, 0.25) is 0 Å². The van der Waals surface area contributed by atoms with Gasteiger partial charge in [-0.1, -0.05) is 12.1 Å². The third-order valence-corrected chi connectivity index (χ3v) is 3.88. The first kappa shape index (κ1) is 15.9. The van der Waals surface area contributed by atoms with E-state index in [2.05, 4.69) is 4.98 Å². The van der Waals surface area contributed by atoms with Gasteiger partial charge in [0.1, 0.15) is 6.61 Å². The number of hydrogen-bond acceptors (Lipinski definition) is 5. The Morgan fingerprint density at radius 3 is 2.50 bits per heavy atom. The Morgan fingerprint density at radius 2 is 1.79 bits per heavy atom. The van der Waals surface area contributed by atoms with Crippen molar-refractivity contribution >= 4 is 11.2 Å². The minimum absolute atomic E-state index is 0.331. The minimum atomic E-state index is -0.400. The first-order chi connectivity index (χ1) is 11.5. The monoisotopic (exact) mass is 330 g/mol. The van der Waals surface area contributed by atoms with Crippen molar-refractivity contribution in [1.82, 2.24) is 18.7 Å². The Balaban J connectivity index is 1.87. The predicted octanol–water partition coefficient (Wildman–Crippen LogP) is 0.521. The molecule has 2 aromatic heterocycles. The van der Waals surface area contributed by atoms with Crippen molar-refractivity contribution in [3.8, 4) is 11.5 Å². The molecule has 0 saturated heterocycles. The van der Waals surface area contributed by atoms with Crippen LogP contribution in [0.4, 0.5) is 0 Å². The van der Waals surface area contributed by atoms with Crippen molar-refractivity contribution < 1.29 is 9.47 Å². The molecule has 0 amide bonds. The summed E-state index contributed by atoms with van der Waals surface area (Å²) in [5, 5.41) is 0. The first-order valence-corrected chi connectivity index (χ1v) is 7.41. The van der Waals surface area contributed by atoms with Crippen LogP contribution in [0.1, 0.15) is 0 Å². The molecule has 0 N–H and O–H groups in total. The van der Waals surface area contributed by atoms with E-state index >= 15 is 0 Å². The number of rotatable bonds is 5. The van der Waals surface area contributed by atoms with Gasteiger partial charge in [-0.05, 0) is 12.1 Å². The summed E-state index contributed by atoms with van der Waals surface area (Å²) < 4.78 is 15.1. The Morgan fingerprint density at radius 1 is 1.08 bits per heavy atom. The van der Waals surface area contributed by atoms with Crippen molar-refractivity contribution in [2.75, 3.05) is 13.7 Å². The largest absolute Gasteiger partial charge is 0.493 e. The molecule has 0 atom stereocenters. The fourth-order valence-corrected chi connectivity index (χ4v) is 2.56. The zero-order chi connectivity index (χ0) is 17.3. The van der Waals surface area contributed by atoms with Crippen molar-refractivity contribution in [2.24, 2.45) is 14.1 Å². The molecule has 0 radical (unpaired) electrons. The van der Waals surface area contributed by atoms with Gasteiger partial charge in [-0.3, -0.25) is 13.9 Å². The molecule has 0 fully saturated rings. The van der Waals surface area contributed by atoms with Crippen LogP contribution < -0.4 is 20.7 Å². The van der Waals surface area contributed by atoms with E-state index in [-0.39, 0.29) is 5.56 Å². The topological polar surface area (TPSA) is 80.3 Å². The van der Waals surface area contributed by atoms with Crippen LogP contribution in [-0.2, 0) is 20.6 Å². The highest BCUT2D eigenvalue weighted by atomic mass is 16.5. The molecule has 0 saturated carbocycles. The zero-order valence-corrected chi connectivity index (χ0v) is 13.7. The van der Waals surface area contributed by atoms with Crippen LogP contribution in [0.15, 0.2) is 40.2 Å². The fraction of sp³-hybridized carbons (Fsp3) is 0.312. The van der Waals surface area contributed by atoms with Crippen LogP contribution in [0.5, 0.6) is 11.5 Å². The molecule has 0 bridgehead atoms. The lowest BCUT2D eigenvalue weighted by Gasteiger charge is -2.11. The Kier molecular flexibility index (Phi) is 4.11. The minimum Gasteiger partial charge on any atom is -0.493 e. The molecule has 0 aliphatic carbocycles. The molecule has 0 spiro atoms. The summed E-state index contributed by atoms with van der Waals surface area (Å²) in [7, 11) is 4.62. The molecule has 126 valence electrons. The molecule has 0 aliphatic rings. The molecule has 0 unspecified atom stereocenters. The highest BCUT2D eigenvalue weighted by molar-refractivity contribution is 5.69. The fourth-order valence-electron chi connectivity index (χ4n) is 2.56. The van der Waals surface area contributed by atoms with Crippen LogP contribution in [0, 0.1) is 0 Å². The van der Waals surface area contributed by atoms with Gasteiger partial charge in [0.05, 0.1) is 20.0 Å². The van der Waals surface area contributed by atoms with E-state index in [9.17, 15) is 9.59 Å². The molecule has 2 heterocycles. The summed E-state index contributed by atoms with van der Waals surface area (Å²) in [6.07, 6.45) is 1.54. The van der Waals surface area contributed by atoms with E-state index in [0.29, 0.717) is 35.8 Å². The highest BCUT2D eigenvalue weighted by Gasteiger charge is 2.14. The summed E-state index contributed by atoms with van der Waals surface area (Å²) in [4.78, 5) is 28.4. The highest BCUT2D eigenvalue weighted by Crippen LogP contribution is 2.25. The number of ether oxygens (including phenoxy) is 2. The van der Waals surface area contributed by atoms with Gasteiger partial charge in [0.25, 0.3) is 5.56 Å². The second-order valence-corrected chi connectivity index (χ2v) is 5.32. The van der Waals surface area contributed by atoms with Gasteiger partial charge in [-0.15, -0.1) is 0 Å². The Hall–Kier alpha value is -3.03. The number of aryl methyl sites for hydroxylation is 1. The van der Waals surface area contributed by atoms with Gasteiger partial charge >= 0.3 is 5.69 Å². The number of methoxy groups -OCH3 is 1. The van der Waals surface area contributed by atoms with E-state index in [4.69, 9.17) is 9.47 Å². The van der Waals surface area contributed by atoms with E-state index < -0.39 is 5.69 Å². The lowest BCUT2D eigenvalue weighted by atomic mass is 10.3. The number of nitrogens with zero attached hydrogens (tertiary/aromatic N) is 4. The van der Waals surface area contributed by atoms with Crippen LogP contribution in [-0.4, -0.2) is 32.4 Å². The molecule has 3 aromatic rings. The third-order valence-electron chi connectivity index (χ3n) is 3.88. The van der Waals surface area contributed by atoms with Crippen LogP contribution in [0.3, 0.4) is 0 Å². The van der Waals surface area contributed by atoms with Gasteiger partial charge < -0.3 is 14.0 Å². The van der Waals surface area contributed by atoms with Crippen LogP contribution >= 0.6 is 0 Å². The van der Waals surface area contributed by atoms with E-state index in [1.807, 2.05) is 24.3 Å². The smallest absolute Gasteiger partial charge is 0.332 e. The predicted molar refractivity (Wildman–Crippen MR) is 88.7 cm³/mol. The number of benzene rings is 1. The van der Waals surface area contributed by atoms with E-state index in [1.54, 1.807) is 18.7 Å². The van der Waals surface area contributed by atoms with Crippen molar-refractivity contribution in [2.45, 2.75) is 6.54 Å². The summed E-state index contributed by atoms with van der Waals surface area (Å²) in [6, 6.07) is 7.34. The molecule has 8 nitrogen and oxygen atoms in total. The molecular formula is C16H18N4O4. The molecule has 1 aromatic carbocycles. The summed E-state index contributed by atoms with van der Waals surface area (Å²) in [5.41, 5.74) is -0.0328. The average Bonchev–Trinajstić information content (AvgIpc) is 3.02. The molecular weight excluding hydrogens is 312 g/mol. The number of fused-ring (bicyclic) bond motifs is 1. The SMILES string of the molecule is COc1ccccc1OCCn1cnc2c1c(=O)n(C)c(=O)n2C. The average molecular weight is 330 g/mol. The quantitative estimate of drug-likeness (QED) is 0.681. The van der Waals surface area contributed by atoms with Gasteiger partial charge in [0, 0.05) is 14.1 Å². The lowest BCUT2D eigenvalue weighted by molar-refractivity contribution is 0.281. The summed E-state index contributed by atoms with van der Waals surface area (Å²) >= 11 is 0. The van der Waals surface area contributed by atoms with Gasteiger partial charge in [0.15, 0.2) is 22.7 Å². The van der Waals surface area contributed by atoms with Gasteiger partial charge in [-0.2, -0.15) is 0 Å². The standard InChI is InChI=1S/C16H18N4O4/c1-18-14-13(15(21)19(2)16(18)22)20(10-17-14)8-9-24-12-7-5-4-6-11(12)23-3/h4-7,10H,8-9H2,1-3H3. The maximum absolute atomic E-state index is 12.3. The van der Waals surface area contributed by atoms with Crippen LogP contribution in [0.25, 0.3) is 11.2 Å². The van der Waals surface area contributed by atoms with Gasteiger partial charge in [-0.25, -0.2) is 9.78 Å². The number of aromatic nitrogens is 4. The van der Waals surface area contributed by atoms with E-state index in [0.717, 1.165) is 4.57 Å². The van der Waals surface area contributed by atoms with Crippen molar-refractivity contribution in [3.05, 3.63) is 51.4 Å². The molecule has 3 rings (SSSR count). The zero-order valence-electron chi connectivity index (χ0n) is 13.7. The number of hydrogen-bond donors (Lipinski definition) is 0. The van der Waals surface area contributed by atoms with E-state index in [1.165, 1.54) is 17.9 Å². The normalized spacial score (nSPS) is 11.0. The van der Waals surface area contributed by atoms with Crippen LogP contribution in [0.2, 0.25) is 0 Å². The summed E-state index contributed by atoms with van der Waals surface area (Å²) in [5.74, 6) is 1.27. The number of imidazole rings is 1. The number of para-hydroxylation sites is 2. The summed E-state index contributed by atoms with van der Waals surface area (Å²) in [6.45, 7) is 0.750. The maximum Gasteiger partial charge on any atom is 0.332 e. The Labute approximate surface area is 137 Å². The first-order valence-electron chi connectivity index (χ1n) is 7.41.